The third kappa shape index (κ3) is 3.45. The molecule has 1 saturated carbocycles. The number of carbonyl (C=O) groups excluding carboxylic acids is 1. The minimum Gasteiger partial charge on any atom is -0.480 e. The molecular weight excluding hydrogens is 394 g/mol. The smallest absolute Gasteiger partial charge is 0.339 e. The molecule has 1 aromatic carbocycles. The fourth-order valence-corrected chi connectivity index (χ4v) is 5.86. The zero-order valence-corrected chi connectivity index (χ0v) is 18.4. The maximum Gasteiger partial charge on any atom is 0.339 e. The molecular formula is C25H31NO5. The number of ether oxygens (including phenoxy) is 1. The number of nitrogens with zero attached hydrogens (tertiary/aromatic N) is 1. The van der Waals surface area contributed by atoms with E-state index in [4.69, 9.17) is 9.15 Å². The van der Waals surface area contributed by atoms with E-state index in [1.807, 2.05) is 24.0 Å². The number of hydrogen-bond acceptors (Lipinski definition) is 5. The van der Waals surface area contributed by atoms with Crippen molar-refractivity contribution in [3.8, 4) is 5.75 Å². The Bertz CT molecular complexity index is 1090. The van der Waals surface area contributed by atoms with E-state index in [1.54, 1.807) is 6.92 Å². The van der Waals surface area contributed by atoms with Gasteiger partial charge < -0.3 is 19.2 Å². The second kappa shape index (κ2) is 7.66. The molecule has 2 aromatic rings. The number of likely N-dealkylation sites (tertiary alicyclic amines) is 1. The van der Waals surface area contributed by atoms with Gasteiger partial charge in [0.2, 0.25) is 0 Å². The molecule has 1 amide bonds. The molecule has 2 heterocycles. The lowest BCUT2D eigenvalue weighted by Gasteiger charge is -2.47. The Labute approximate surface area is 182 Å². The van der Waals surface area contributed by atoms with E-state index in [9.17, 15) is 14.7 Å². The van der Waals surface area contributed by atoms with Gasteiger partial charge in [-0.25, -0.2) is 4.79 Å². The molecule has 2 aliphatic carbocycles. The van der Waals surface area contributed by atoms with Crippen LogP contribution >= 0.6 is 0 Å². The third-order valence-corrected chi connectivity index (χ3v) is 7.73. The number of rotatable bonds is 3. The predicted molar refractivity (Wildman–Crippen MR) is 117 cm³/mol. The normalized spacial score (nSPS) is 26.4. The highest BCUT2D eigenvalue weighted by Gasteiger charge is 2.44. The van der Waals surface area contributed by atoms with Crippen LogP contribution < -0.4 is 10.4 Å². The molecule has 6 heteroatoms. The molecule has 6 nitrogen and oxygen atoms in total. The van der Waals surface area contributed by atoms with Gasteiger partial charge in [-0.3, -0.25) is 4.79 Å². The summed E-state index contributed by atoms with van der Waals surface area (Å²) in [7, 11) is 0. The summed E-state index contributed by atoms with van der Waals surface area (Å²) in [5, 5.41) is 11.9. The summed E-state index contributed by atoms with van der Waals surface area (Å²) in [6.07, 6.45) is 6.66. The number of aliphatic hydroxyl groups is 1. The van der Waals surface area contributed by atoms with E-state index in [0.717, 1.165) is 67.0 Å². The van der Waals surface area contributed by atoms with Crippen molar-refractivity contribution >= 4 is 16.9 Å². The quantitative estimate of drug-likeness (QED) is 0.762. The van der Waals surface area contributed by atoms with Crippen LogP contribution in [0.4, 0.5) is 0 Å². The molecule has 1 aromatic heterocycles. The standard InChI is InChI=1S/C25H31NO5/c1-15-21(10-9-19-18-7-5-8-20(18)24(28)31-22(15)19)30-16(2)23(27)26-13-12-25(29)11-4-3-6-17(25)14-26/h9-10,16-17,29H,3-8,11-14H2,1-2H3/t16-,17-,25+/m1/s1. The molecule has 5 rings (SSSR count). The number of carbonyl (C=O) groups is 1. The van der Waals surface area contributed by atoms with E-state index in [2.05, 4.69) is 0 Å². The van der Waals surface area contributed by atoms with Gasteiger partial charge in [0.1, 0.15) is 11.3 Å². The Morgan fingerprint density at radius 2 is 2.03 bits per heavy atom. The van der Waals surface area contributed by atoms with Crippen molar-refractivity contribution in [3.63, 3.8) is 0 Å². The summed E-state index contributed by atoms with van der Waals surface area (Å²) >= 11 is 0. The van der Waals surface area contributed by atoms with Crippen molar-refractivity contribution < 1.29 is 19.1 Å². The zero-order valence-electron chi connectivity index (χ0n) is 18.4. The van der Waals surface area contributed by atoms with Crippen LogP contribution in [-0.2, 0) is 17.6 Å². The van der Waals surface area contributed by atoms with Crippen molar-refractivity contribution in [2.24, 2.45) is 5.92 Å². The van der Waals surface area contributed by atoms with Crippen LogP contribution in [0.3, 0.4) is 0 Å². The summed E-state index contributed by atoms with van der Waals surface area (Å²) in [6.45, 7) is 4.81. The lowest BCUT2D eigenvalue weighted by Crippen LogP contribution is -2.56. The molecule has 0 radical (unpaired) electrons. The highest BCUT2D eigenvalue weighted by atomic mass is 16.5. The molecule has 0 spiro atoms. The van der Waals surface area contributed by atoms with Crippen LogP contribution in [0, 0.1) is 12.8 Å². The Balaban J connectivity index is 1.35. The van der Waals surface area contributed by atoms with Crippen molar-refractivity contribution in [1.82, 2.24) is 4.90 Å². The lowest BCUT2D eigenvalue weighted by atomic mass is 9.71. The van der Waals surface area contributed by atoms with Crippen LogP contribution in [0.5, 0.6) is 5.75 Å². The van der Waals surface area contributed by atoms with Crippen LogP contribution in [0.1, 0.15) is 62.1 Å². The van der Waals surface area contributed by atoms with Crippen LogP contribution in [0.15, 0.2) is 21.3 Å². The second-order valence-electron chi connectivity index (χ2n) is 9.61. The van der Waals surface area contributed by atoms with Gasteiger partial charge in [-0.15, -0.1) is 0 Å². The van der Waals surface area contributed by atoms with E-state index in [0.29, 0.717) is 30.8 Å². The Morgan fingerprint density at radius 3 is 2.87 bits per heavy atom. The minimum absolute atomic E-state index is 0.0532. The largest absolute Gasteiger partial charge is 0.480 e. The molecule has 3 atom stereocenters. The zero-order chi connectivity index (χ0) is 21.8. The van der Waals surface area contributed by atoms with Gasteiger partial charge in [-0.05, 0) is 70.1 Å². The SMILES string of the molecule is Cc1c(O[C@H](C)C(=O)N2CC[C@@]3(O)CCCC[C@@H]3C2)ccc2c3c(c(=O)oc12)CCC3. The molecule has 0 unspecified atom stereocenters. The maximum atomic E-state index is 13.1. The predicted octanol–water partition coefficient (Wildman–Crippen LogP) is 3.51. The first-order valence-electron chi connectivity index (χ1n) is 11.6. The number of benzene rings is 1. The average molecular weight is 426 g/mol. The van der Waals surface area contributed by atoms with Crippen molar-refractivity contribution in [3.05, 3.63) is 39.2 Å². The van der Waals surface area contributed by atoms with Crippen LogP contribution in [0.25, 0.3) is 11.0 Å². The van der Waals surface area contributed by atoms with E-state index >= 15 is 0 Å². The van der Waals surface area contributed by atoms with E-state index in [1.165, 1.54) is 0 Å². The van der Waals surface area contributed by atoms with Crippen LogP contribution in [0.2, 0.25) is 0 Å². The van der Waals surface area contributed by atoms with Crippen LogP contribution in [-0.4, -0.2) is 40.7 Å². The highest BCUT2D eigenvalue weighted by Crippen LogP contribution is 2.40. The van der Waals surface area contributed by atoms with Gasteiger partial charge in [-0.1, -0.05) is 12.8 Å². The Hall–Kier alpha value is -2.34. The molecule has 3 aliphatic rings. The Morgan fingerprint density at radius 1 is 1.23 bits per heavy atom. The van der Waals surface area contributed by atoms with E-state index in [-0.39, 0.29) is 17.5 Å². The monoisotopic (exact) mass is 425 g/mol. The number of aryl methyl sites for hydroxylation is 2. The summed E-state index contributed by atoms with van der Waals surface area (Å²) < 4.78 is 11.7. The number of fused-ring (bicyclic) bond motifs is 4. The first-order chi connectivity index (χ1) is 14.9. The van der Waals surface area contributed by atoms with Gasteiger partial charge in [0.25, 0.3) is 5.91 Å². The van der Waals surface area contributed by atoms with Gasteiger partial charge >= 0.3 is 5.63 Å². The van der Waals surface area contributed by atoms with Gasteiger partial charge in [0, 0.05) is 35.5 Å². The lowest BCUT2D eigenvalue weighted by molar-refractivity contribution is -0.149. The maximum absolute atomic E-state index is 13.1. The number of hydrogen-bond donors (Lipinski definition) is 1. The van der Waals surface area contributed by atoms with E-state index < -0.39 is 11.7 Å². The number of piperidine rings is 1. The second-order valence-corrected chi connectivity index (χ2v) is 9.61. The van der Waals surface area contributed by atoms with Gasteiger partial charge in [0.15, 0.2) is 6.10 Å². The van der Waals surface area contributed by atoms with Crippen molar-refractivity contribution in [2.45, 2.75) is 76.9 Å². The summed E-state index contributed by atoms with van der Waals surface area (Å²) in [6, 6.07) is 3.83. The molecule has 0 bridgehead atoms. The third-order valence-electron chi connectivity index (χ3n) is 7.73. The average Bonchev–Trinajstić information content (AvgIpc) is 3.26. The topological polar surface area (TPSA) is 80.0 Å². The van der Waals surface area contributed by atoms with Gasteiger partial charge in [0.05, 0.1) is 5.60 Å². The molecule has 2 fully saturated rings. The van der Waals surface area contributed by atoms with Crippen molar-refractivity contribution in [1.29, 1.82) is 0 Å². The molecule has 166 valence electrons. The Kier molecular flexibility index (Phi) is 5.08. The van der Waals surface area contributed by atoms with Gasteiger partial charge in [-0.2, -0.15) is 0 Å². The summed E-state index contributed by atoms with van der Waals surface area (Å²) in [4.78, 5) is 27.3. The molecule has 1 saturated heterocycles. The summed E-state index contributed by atoms with van der Waals surface area (Å²) in [5.41, 5.74) is 2.36. The number of amides is 1. The molecule has 1 N–H and O–H groups in total. The fourth-order valence-electron chi connectivity index (χ4n) is 5.86. The molecule has 1 aliphatic heterocycles. The molecule has 31 heavy (non-hydrogen) atoms. The van der Waals surface area contributed by atoms with Crippen molar-refractivity contribution in [2.75, 3.05) is 13.1 Å². The minimum atomic E-state index is -0.646. The first kappa shape index (κ1) is 20.6. The fraction of sp³-hybridized carbons (Fsp3) is 0.600. The highest BCUT2D eigenvalue weighted by molar-refractivity contribution is 5.87. The first-order valence-corrected chi connectivity index (χ1v) is 11.6. The summed E-state index contributed by atoms with van der Waals surface area (Å²) in [5.74, 6) is 0.674.